The van der Waals surface area contributed by atoms with Gasteiger partial charge in [-0.3, -0.25) is 4.79 Å². The van der Waals surface area contributed by atoms with E-state index in [9.17, 15) is 4.79 Å². The maximum Gasteiger partial charge on any atom is 0.277 e. The van der Waals surface area contributed by atoms with Crippen LogP contribution in [0.25, 0.3) is 0 Å². The number of methoxy groups -OCH3 is 1. The van der Waals surface area contributed by atoms with Crippen molar-refractivity contribution >= 4 is 11.6 Å². The van der Waals surface area contributed by atoms with E-state index in [-0.39, 0.29) is 12.5 Å². The molecule has 22 heavy (non-hydrogen) atoms. The molecule has 1 saturated carbocycles. The van der Waals surface area contributed by atoms with Gasteiger partial charge in [0.1, 0.15) is 0 Å². The lowest BCUT2D eigenvalue weighted by Crippen LogP contribution is -2.27. The van der Waals surface area contributed by atoms with Crippen molar-refractivity contribution in [1.29, 1.82) is 0 Å². The standard InChI is InChI=1S/C17H24N2O3/c1-3-13-8-10-14(11-9-13)18-19-17(20)12-22-16-7-5-4-6-15(16)21-2/h4-7,13H,3,8-12H2,1-2H3,(H,19,20). The van der Waals surface area contributed by atoms with Gasteiger partial charge in [-0.15, -0.1) is 0 Å². The molecule has 1 aromatic carbocycles. The van der Waals surface area contributed by atoms with Crippen LogP contribution in [-0.4, -0.2) is 25.3 Å². The van der Waals surface area contributed by atoms with E-state index in [0.717, 1.165) is 24.5 Å². The first-order chi connectivity index (χ1) is 10.7. The third-order valence-electron chi connectivity index (χ3n) is 4.03. The number of carbonyl (C=O) groups is 1. The Labute approximate surface area is 131 Å². The van der Waals surface area contributed by atoms with Crippen LogP contribution in [-0.2, 0) is 4.79 Å². The molecule has 120 valence electrons. The third-order valence-corrected chi connectivity index (χ3v) is 4.03. The summed E-state index contributed by atoms with van der Waals surface area (Å²) in [5.74, 6) is 1.72. The molecule has 0 bridgehead atoms. The van der Waals surface area contributed by atoms with E-state index >= 15 is 0 Å². The summed E-state index contributed by atoms with van der Waals surface area (Å²) in [6, 6.07) is 7.25. The summed E-state index contributed by atoms with van der Waals surface area (Å²) in [6.45, 7) is 2.15. The minimum absolute atomic E-state index is 0.0747. The first kappa shape index (κ1) is 16.3. The average Bonchev–Trinajstić information content (AvgIpc) is 2.58. The van der Waals surface area contributed by atoms with E-state index < -0.39 is 0 Å². The lowest BCUT2D eigenvalue weighted by atomic mass is 9.86. The van der Waals surface area contributed by atoms with Crippen molar-refractivity contribution in [2.75, 3.05) is 13.7 Å². The maximum absolute atomic E-state index is 11.8. The highest BCUT2D eigenvalue weighted by Crippen LogP contribution is 2.26. The van der Waals surface area contributed by atoms with Gasteiger partial charge >= 0.3 is 0 Å². The molecule has 2 rings (SSSR count). The van der Waals surface area contributed by atoms with Gasteiger partial charge in [0.15, 0.2) is 18.1 Å². The van der Waals surface area contributed by atoms with Crippen LogP contribution < -0.4 is 14.9 Å². The van der Waals surface area contributed by atoms with Crippen LogP contribution >= 0.6 is 0 Å². The second-order valence-corrected chi connectivity index (χ2v) is 5.50. The molecule has 5 heteroatoms. The topological polar surface area (TPSA) is 59.9 Å². The monoisotopic (exact) mass is 304 g/mol. The molecule has 1 aliphatic rings. The van der Waals surface area contributed by atoms with E-state index in [1.165, 1.54) is 19.3 Å². The van der Waals surface area contributed by atoms with Crippen LogP contribution in [0, 0.1) is 5.92 Å². The number of hydrogen-bond donors (Lipinski definition) is 1. The summed E-state index contributed by atoms with van der Waals surface area (Å²) >= 11 is 0. The van der Waals surface area contributed by atoms with E-state index in [1.807, 2.05) is 12.1 Å². The number of nitrogens with one attached hydrogen (secondary N) is 1. The summed E-state index contributed by atoms with van der Waals surface area (Å²) in [6.07, 6.45) is 5.52. The summed E-state index contributed by atoms with van der Waals surface area (Å²) in [7, 11) is 1.57. The molecule has 0 saturated heterocycles. The Balaban J connectivity index is 1.76. The molecule has 1 aromatic rings. The third kappa shape index (κ3) is 4.76. The fourth-order valence-corrected chi connectivity index (χ4v) is 2.59. The highest BCUT2D eigenvalue weighted by Gasteiger charge is 2.16. The Kier molecular flexibility index (Phi) is 6.25. The van der Waals surface area contributed by atoms with E-state index in [4.69, 9.17) is 9.47 Å². The number of hydrogen-bond acceptors (Lipinski definition) is 4. The smallest absolute Gasteiger partial charge is 0.277 e. The van der Waals surface area contributed by atoms with Gasteiger partial charge in [0.25, 0.3) is 5.91 Å². The van der Waals surface area contributed by atoms with Crippen molar-refractivity contribution in [3.63, 3.8) is 0 Å². The average molecular weight is 304 g/mol. The minimum Gasteiger partial charge on any atom is -0.493 e. The van der Waals surface area contributed by atoms with Gasteiger partial charge in [-0.05, 0) is 43.7 Å². The molecular weight excluding hydrogens is 280 g/mol. The zero-order chi connectivity index (χ0) is 15.8. The molecule has 0 heterocycles. The lowest BCUT2D eigenvalue weighted by Gasteiger charge is -2.21. The summed E-state index contributed by atoms with van der Waals surface area (Å²) in [5, 5.41) is 4.21. The summed E-state index contributed by atoms with van der Waals surface area (Å²) in [4.78, 5) is 11.8. The van der Waals surface area contributed by atoms with E-state index in [0.29, 0.717) is 11.5 Å². The number of nitrogens with zero attached hydrogens (tertiary/aromatic N) is 1. The highest BCUT2D eigenvalue weighted by molar-refractivity contribution is 5.87. The summed E-state index contributed by atoms with van der Waals surface area (Å²) < 4.78 is 10.6. The Bertz CT molecular complexity index is 518. The molecule has 1 N–H and O–H groups in total. The molecular formula is C17H24N2O3. The van der Waals surface area contributed by atoms with Crippen molar-refractivity contribution < 1.29 is 14.3 Å². The van der Waals surface area contributed by atoms with Crippen molar-refractivity contribution in [3.8, 4) is 11.5 Å². The number of rotatable bonds is 6. The van der Waals surface area contributed by atoms with Gasteiger partial charge in [-0.25, -0.2) is 5.43 Å². The zero-order valence-corrected chi connectivity index (χ0v) is 13.3. The first-order valence-corrected chi connectivity index (χ1v) is 7.83. The maximum atomic E-state index is 11.8. The Morgan fingerprint density at radius 3 is 2.59 bits per heavy atom. The van der Waals surface area contributed by atoms with Gasteiger partial charge in [0, 0.05) is 5.71 Å². The fourth-order valence-electron chi connectivity index (χ4n) is 2.59. The number of para-hydroxylation sites is 2. The van der Waals surface area contributed by atoms with E-state index in [1.54, 1.807) is 19.2 Å². The number of carbonyl (C=O) groups excluding carboxylic acids is 1. The van der Waals surface area contributed by atoms with Crippen LogP contribution in [0.4, 0.5) is 0 Å². The van der Waals surface area contributed by atoms with Crippen LogP contribution in [0.2, 0.25) is 0 Å². The van der Waals surface area contributed by atoms with Crippen molar-refractivity contribution in [1.82, 2.24) is 5.43 Å². The number of hydrazone groups is 1. The van der Waals surface area contributed by atoms with Crippen LogP contribution in [0.5, 0.6) is 11.5 Å². The molecule has 0 radical (unpaired) electrons. The van der Waals surface area contributed by atoms with Gasteiger partial charge in [0.05, 0.1) is 7.11 Å². The van der Waals surface area contributed by atoms with Crippen molar-refractivity contribution in [2.45, 2.75) is 39.0 Å². The van der Waals surface area contributed by atoms with Crippen molar-refractivity contribution in [2.24, 2.45) is 11.0 Å². The second kappa shape index (κ2) is 8.41. The minimum atomic E-state index is -0.254. The second-order valence-electron chi connectivity index (χ2n) is 5.50. The molecule has 0 aromatic heterocycles. The Morgan fingerprint density at radius 2 is 1.95 bits per heavy atom. The molecule has 5 nitrogen and oxygen atoms in total. The molecule has 0 atom stereocenters. The Morgan fingerprint density at radius 1 is 1.27 bits per heavy atom. The van der Waals surface area contributed by atoms with Crippen molar-refractivity contribution in [3.05, 3.63) is 24.3 Å². The van der Waals surface area contributed by atoms with Gasteiger partial charge in [-0.1, -0.05) is 25.5 Å². The molecule has 1 aliphatic carbocycles. The number of ether oxygens (including phenoxy) is 2. The number of benzene rings is 1. The van der Waals surface area contributed by atoms with Crippen LogP contribution in [0.15, 0.2) is 29.4 Å². The van der Waals surface area contributed by atoms with E-state index in [2.05, 4.69) is 17.5 Å². The SMILES string of the molecule is CCC1CCC(=NNC(=O)COc2ccccc2OC)CC1. The van der Waals surface area contributed by atoms with Crippen LogP contribution in [0.1, 0.15) is 39.0 Å². The quantitative estimate of drug-likeness (QED) is 0.821. The normalized spacial score (nSPS) is 17.7. The predicted octanol–water partition coefficient (Wildman–Crippen LogP) is 3.15. The fraction of sp³-hybridized carbons (Fsp3) is 0.529. The molecule has 1 amide bonds. The highest BCUT2D eigenvalue weighted by atomic mass is 16.5. The lowest BCUT2D eigenvalue weighted by molar-refractivity contribution is -0.123. The molecule has 1 fully saturated rings. The summed E-state index contributed by atoms with van der Waals surface area (Å²) in [5.41, 5.74) is 3.66. The largest absolute Gasteiger partial charge is 0.493 e. The van der Waals surface area contributed by atoms with Crippen LogP contribution in [0.3, 0.4) is 0 Å². The number of amides is 1. The first-order valence-electron chi connectivity index (χ1n) is 7.83. The van der Waals surface area contributed by atoms with Gasteiger partial charge in [0.2, 0.25) is 0 Å². The predicted molar refractivity (Wildman–Crippen MR) is 86.3 cm³/mol. The zero-order valence-electron chi connectivity index (χ0n) is 13.3. The van der Waals surface area contributed by atoms with Gasteiger partial charge < -0.3 is 9.47 Å². The molecule has 0 unspecified atom stereocenters. The van der Waals surface area contributed by atoms with Gasteiger partial charge in [-0.2, -0.15) is 5.10 Å². The molecule has 0 spiro atoms. The molecule has 0 aliphatic heterocycles. The Hall–Kier alpha value is -2.04.